The van der Waals surface area contributed by atoms with E-state index < -0.39 is 34.2 Å². The zero-order chi connectivity index (χ0) is 24.8. The van der Waals surface area contributed by atoms with Crippen LogP contribution in [0.25, 0.3) is 10.9 Å². The standard InChI is InChI=1S/C22H19F2N5O5S/c23-12-33-29-13-26-18-4-2-14(8-15(18)21(29)30)34-20-16(9-25)19(5-3-17(20)24)27-35(31,32)28-10-22(11-28)6-1-7-22/h2-5,8,13,27H,1,6-7,10-12H2. The van der Waals surface area contributed by atoms with E-state index in [1.165, 1.54) is 22.5 Å². The number of ether oxygens (including phenoxy) is 1. The van der Waals surface area contributed by atoms with Crippen molar-refractivity contribution in [1.29, 1.82) is 5.26 Å². The number of fused-ring (bicyclic) bond motifs is 1. The number of benzene rings is 2. The molecule has 1 aliphatic heterocycles. The molecule has 1 aromatic heterocycles. The van der Waals surface area contributed by atoms with E-state index in [9.17, 15) is 27.3 Å². The lowest BCUT2D eigenvalue weighted by Crippen LogP contribution is -2.62. The molecule has 0 atom stereocenters. The number of hydrogen-bond donors (Lipinski definition) is 1. The van der Waals surface area contributed by atoms with Crippen LogP contribution in [0.1, 0.15) is 24.8 Å². The quantitative estimate of drug-likeness (QED) is 0.525. The second-order valence-electron chi connectivity index (χ2n) is 8.53. The van der Waals surface area contributed by atoms with Crippen molar-refractivity contribution >= 4 is 26.8 Å². The van der Waals surface area contributed by atoms with Gasteiger partial charge in [0.15, 0.2) is 11.6 Å². The van der Waals surface area contributed by atoms with Crippen molar-refractivity contribution in [2.45, 2.75) is 19.3 Å². The highest BCUT2D eigenvalue weighted by molar-refractivity contribution is 7.90. The molecule has 1 N–H and O–H groups in total. The number of hydrogen-bond acceptors (Lipinski definition) is 7. The van der Waals surface area contributed by atoms with Gasteiger partial charge in [0.25, 0.3) is 12.4 Å². The Morgan fingerprint density at radius 2 is 2.00 bits per heavy atom. The highest BCUT2D eigenvalue weighted by atomic mass is 32.2. The first-order chi connectivity index (χ1) is 16.7. The molecule has 1 spiro atoms. The molecule has 3 aromatic rings. The van der Waals surface area contributed by atoms with Crippen LogP contribution in [0, 0.1) is 22.6 Å². The van der Waals surface area contributed by atoms with E-state index in [1.54, 1.807) is 6.07 Å². The molecule has 2 aromatic carbocycles. The number of nitriles is 1. The van der Waals surface area contributed by atoms with Gasteiger partial charge in [0.1, 0.15) is 23.7 Å². The van der Waals surface area contributed by atoms with Crippen molar-refractivity contribution in [3.05, 3.63) is 58.4 Å². The molecule has 0 bridgehead atoms. The Kier molecular flexibility index (Phi) is 5.57. The minimum Gasteiger partial charge on any atom is -0.453 e. The summed E-state index contributed by atoms with van der Waals surface area (Å²) in [5.41, 5.74) is -0.916. The minimum atomic E-state index is -3.95. The summed E-state index contributed by atoms with van der Waals surface area (Å²) < 4.78 is 62.6. The second-order valence-corrected chi connectivity index (χ2v) is 10.2. The fourth-order valence-electron chi connectivity index (χ4n) is 4.33. The van der Waals surface area contributed by atoms with E-state index in [0.29, 0.717) is 17.8 Å². The summed E-state index contributed by atoms with van der Waals surface area (Å²) >= 11 is 0. The summed E-state index contributed by atoms with van der Waals surface area (Å²) in [6, 6.07) is 7.95. The molecular formula is C22H19F2N5O5S. The number of aromatic nitrogens is 2. The summed E-state index contributed by atoms with van der Waals surface area (Å²) in [6.45, 7) is -0.436. The van der Waals surface area contributed by atoms with Crippen LogP contribution in [0.15, 0.2) is 41.5 Å². The first-order valence-corrected chi connectivity index (χ1v) is 12.1. The molecule has 0 amide bonds. The van der Waals surface area contributed by atoms with Gasteiger partial charge in [0.2, 0.25) is 0 Å². The lowest BCUT2D eigenvalue weighted by molar-refractivity contribution is -0.00752. The molecule has 2 aliphatic rings. The summed E-state index contributed by atoms with van der Waals surface area (Å²) in [7, 11) is -3.95. The molecule has 0 unspecified atom stereocenters. The van der Waals surface area contributed by atoms with Crippen LogP contribution in [0.4, 0.5) is 14.5 Å². The summed E-state index contributed by atoms with van der Waals surface area (Å²) in [5, 5.41) is 9.69. The first-order valence-electron chi connectivity index (χ1n) is 10.6. The molecule has 0 radical (unpaired) electrons. The predicted octanol–water partition coefficient (Wildman–Crippen LogP) is 2.70. The van der Waals surface area contributed by atoms with E-state index >= 15 is 0 Å². The van der Waals surface area contributed by atoms with Gasteiger partial charge in [-0.15, -0.1) is 4.73 Å². The SMILES string of the molecule is N#Cc1c(NS(=O)(=O)N2CC3(CCC3)C2)ccc(F)c1Oc1ccc2ncn(OCF)c(=O)c2c1. The van der Waals surface area contributed by atoms with Crippen LogP contribution < -0.4 is 19.9 Å². The third-order valence-corrected chi connectivity index (χ3v) is 7.76. The maximum atomic E-state index is 14.7. The fraction of sp³-hybridized carbons (Fsp3) is 0.318. The highest BCUT2D eigenvalue weighted by Gasteiger charge is 2.51. The molecular weight excluding hydrogens is 484 g/mol. The first kappa shape index (κ1) is 23.0. The third-order valence-electron chi connectivity index (χ3n) is 6.35. The maximum absolute atomic E-state index is 14.7. The monoisotopic (exact) mass is 503 g/mol. The van der Waals surface area contributed by atoms with E-state index in [0.717, 1.165) is 37.7 Å². The molecule has 10 nitrogen and oxygen atoms in total. The topological polar surface area (TPSA) is 127 Å². The van der Waals surface area contributed by atoms with Crippen molar-refractivity contribution < 1.29 is 26.8 Å². The number of nitrogens with one attached hydrogen (secondary N) is 1. The van der Waals surface area contributed by atoms with Gasteiger partial charge >= 0.3 is 10.2 Å². The Labute approximate surface area is 198 Å². The Morgan fingerprint density at radius 3 is 2.66 bits per heavy atom. The van der Waals surface area contributed by atoms with Crippen LogP contribution in [-0.2, 0) is 10.2 Å². The molecule has 13 heteroatoms. The zero-order valence-corrected chi connectivity index (χ0v) is 19.0. The predicted molar refractivity (Wildman–Crippen MR) is 120 cm³/mol. The Balaban J connectivity index is 1.45. The van der Waals surface area contributed by atoms with Crippen molar-refractivity contribution in [3.8, 4) is 17.6 Å². The minimum absolute atomic E-state index is 0.00284. The van der Waals surface area contributed by atoms with Gasteiger partial charge in [0, 0.05) is 13.1 Å². The normalized spacial score (nSPS) is 16.8. The zero-order valence-electron chi connectivity index (χ0n) is 18.2. The highest BCUT2D eigenvalue weighted by Crippen LogP contribution is 2.49. The third kappa shape index (κ3) is 4.04. The molecule has 182 valence electrons. The van der Waals surface area contributed by atoms with E-state index in [2.05, 4.69) is 14.5 Å². The van der Waals surface area contributed by atoms with Crippen molar-refractivity contribution in [2.24, 2.45) is 5.41 Å². The van der Waals surface area contributed by atoms with Gasteiger partial charge in [-0.25, -0.2) is 13.8 Å². The average Bonchev–Trinajstić information content (AvgIpc) is 2.76. The van der Waals surface area contributed by atoms with Gasteiger partial charge in [-0.05, 0) is 48.6 Å². The van der Waals surface area contributed by atoms with Crippen molar-refractivity contribution in [1.82, 2.24) is 14.0 Å². The number of halogens is 2. The number of anilines is 1. The Hall–Kier alpha value is -3.76. The number of rotatable bonds is 7. The smallest absolute Gasteiger partial charge is 0.301 e. The van der Waals surface area contributed by atoms with E-state index in [-0.39, 0.29) is 33.3 Å². The molecule has 1 aliphatic carbocycles. The van der Waals surface area contributed by atoms with Crippen LogP contribution in [0.2, 0.25) is 0 Å². The molecule has 5 rings (SSSR count). The van der Waals surface area contributed by atoms with Gasteiger partial charge in [-0.1, -0.05) is 6.42 Å². The van der Waals surface area contributed by atoms with Crippen LogP contribution in [0.5, 0.6) is 11.5 Å². The maximum Gasteiger partial charge on any atom is 0.301 e. The number of nitrogens with zero attached hydrogens (tertiary/aromatic N) is 4. The summed E-state index contributed by atoms with van der Waals surface area (Å²) in [6.07, 6.45) is 4.07. The lowest BCUT2D eigenvalue weighted by Gasteiger charge is -2.54. The second kappa shape index (κ2) is 8.47. The molecule has 35 heavy (non-hydrogen) atoms. The molecule has 2 heterocycles. The van der Waals surface area contributed by atoms with Gasteiger partial charge in [0.05, 0.1) is 16.6 Å². The summed E-state index contributed by atoms with van der Waals surface area (Å²) in [4.78, 5) is 21.0. The van der Waals surface area contributed by atoms with E-state index in [1.807, 2.05) is 0 Å². The number of alkyl halides is 1. The fourth-order valence-corrected chi connectivity index (χ4v) is 5.80. The molecule has 2 fully saturated rings. The van der Waals surface area contributed by atoms with Gasteiger partial charge in [-0.3, -0.25) is 9.52 Å². The van der Waals surface area contributed by atoms with Gasteiger partial charge in [-0.2, -0.15) is 18.0 Å². The van der Waals surface area contributed by atoms with Crippen molar-refractivity contribution in [3.63, 3.8) is 0 Å². The Morgan fingerprint density at radius 1 is 1.23 bits per heavy atom. The van der Waals surface area contributed by atoms with Crippen LogP contribution in [-0.4, -0.2) is 42.4 Å². The van der Waals surface area contributed by atoms with E-state index in [4.69, 9.17) is 4.74 Å². The van der Waals surface area contributed by atoms with Crippen molar-refractivity contribution in [2.75, 3.05) is 24.7 Å². The average molecular weight is 503 g/mol. The van der Waals surface area contributed by atoms with Gasteiger partial charge < -0.3 is 9.57 Å². The molecule has 1 saturated carbocycles. The van der Waals surface area contributed by atoms with Crippen LogP contribution in [0.3, 0.4) is 0 Å². The lowest BCUT2D eigenvalue weighted by atomic mass is 9.65. The van der Waals surface area contributed by atoms with Crippen LogP contribution >= 0.6 is 0 Å². The largest absolute Gasteiger partial charge is 0.453 e. The Bertz CT molecular complexity index is 1520. The summed E-state index contributed by atoms with van der Waals surface area (Å²) in [5.74, 6) is -1.46. The molecule has 1 saturated heterocycles.